The summed E-state index contributed by atoms with van der Waals surface area (Å²) in [6.07, 6.45) is 4.46. The first-order valence-corrected chi connectivity index (χ1v) is 4.67. The molecule has 0 bridgehead atoms. The molecule has 86 valence electrons. The molecule has 0 saturated carbocycles. The minimum atomic E-state index is -0.575. The Kier molecular flexibility index (Phi) is 4.19. The van der Waals surface area contributed by atoms with Crippen molar-refractivity contribution in [2.75, 3.05) is 6.54 Å². The van der Waals surface area contributed by atoms with Gasteiger partial charge in [-0.05, 0) is 9.91 Å². The Bertz CT molecular complexity index is 399. The molecular weight excluding hydrogens is 212 g/mol. The topological polar surface area (TPSA) is 90.1 Å². The molecule has 1 amide bonds. The predicted molar refractivity (Wildman–Crippen MR) is 56.7 cm³/mol. The number of aromatic nitrogens is 2. The summed E-state index contributed by atoms with van der Waals surface area (Å²) in [6.45, 7) is 4.25. The Balaban J connectivity index is 2.39. The van der Waals surface area contributed by atoms with Gasteiger partial charge < -0.3 is 20.0 Å². The molecule has 16 heavy (non-hydrogen) atoms. The lowest BCUT2D eigenvalue weighted by atomic mass is 10.4. The molecule has 0 spiro atoms. The molecule has 0 unspecified atom stereocenters. The standard InChI is InChI=1S/C9H12N4O3/c1-2-4-10-9(14)3-5-12-6-8(11-7-12)13(15)16/h2,6-7H,1,3-5H2,(H,10,14). The zero-order valence-corrected chi connectivity index (χ0v) is 8.63. The molecule has 0 aromatic carbocycles. The van der Waals surface area contributed by atoms with E-state index >= 15 is 0 Å². The number of carbonyl (C=O) groups excluding carboxylic acids is 1. The quantitative estimate of drug-likeness (QED) is 0.432. The lowest BCUT2D eigenvalue weighted by Crippen LogP contribution is -2.24. The van der Waals surface area contributed by atoms with E-state index in [-0.39, 0.29) is 18.1 Å². The third-order valence-electron chi connectivity index (χ3n) is 1.85. The Labute approximate surface area is 91.9 Å². The lowest BCUT2D eigenvalue weighted by molar-refractivity contribution is -0.389. The van der Waals surface area contributed by atoms with Gasteiger partial charge in [0.2, 0.25) is 12.2 Å². The molecule has 0 saturated heterocycles. The van der Waals surface area contributed by atoms with Crippen molar-refractivity contribution in [1.29, 1.82) is 0 Å². The van der Waals surface area contributed by atoms with Crippen LogP contribution in [0.4, 0.5) is 5.82 Å². The van der Waals surface area contributed by atoms with Crippen LogP contribution in [-0.4, -0.2) is 26.9 Å². The smallest absolute Gasteiger partial charge is 0.358 e. The summed E-state index contributed by atoms with van der Waals surface area (Å²) >= 11 is 0. The predicted octanol–water partition coefficient (Wildman–Crippen LogP) is 0.484. The van der Waals surface area contributed by atoms with Gasteiger partial charge in [0.15, 0.2) is 0 Å². The molecule has 0 fully saturated rings. The second kappa shape index (κ2) is 5.64. The zero-order valence-electron chi connectivity index (χ0n) is 8.63. The monoisotopic (exact) mass is 224 g/mol. The Morgan fingerprint density at radius 3 is 3.06 bits per heavy atom. The number of nitrogens with zero attached hydrogens (tertiary/aromatic N) is 3. The normalized spacial score (nSPS) is 9.75. The minimum absolute atomic E-state index is 0.128. The van der Waals surface area contributed by atoms with E-state index in [1.807, 2.05) is 0 Å². The van der Waals surface area contributed by atoms with Crippen molar-refractivity contribution in [3.05, 3.63) is 35.3 Å². The molecule has 1 N–H and O–H groups in total. The zero-order chi connectivity index (χ0) is 12.0. The van der Waals surface area contributed by atoms with Crippen molar-refractivity contribution in [2.45, 2.75) is 13.0 Å². The third kappa shape index (κ3) is 3.52. The first-order valence-electron chi connectivity index (χ1n) is 4.67. The summed E-state index contributed by atoms with van der Waals surface area (Å²) in [4.78, 5) is 24.5. The van der Waals surface area contributed by atoms with E-state index in [0.29, 0.717) is 13.1 Å². The van der Waals surface area contributed by atoms with Crippen LogP contribution in [-0.2, 0) is 11.3 Å². The van der Waals surface area contributed by atoms with E-state index < -0.39 is 4.92 Å². The van der Waals surface area contributed by atoms with Gasteiger partial charge in [0, 0.05) is 19.5 Å². The van der Waals surface area contributed by atoms with Crippen LogP contribution in [0, 0.1) is 10.1 Å². The van der Waals surface area contributed by atoms with Gasteiger partial charge in [-0.1, -0.05) is 6.08 Å². The van der Waals surface area contributed by atoms with Gasteiger partial charge >= 0.3 is 5.82 Å². The Hall–Kier alpha value is -2.18. The molecular formula is C9H12N4O3. The molecule has 7 nitrogen and oxygen atoms in total. The second-order valence-electron chi connectivity index (χ2n) is 3.07. The van der Waals surface area contributed by atoms with Gasteiger partial charge in [-0.15, -0.1) is 6.58 Å². The van der Waals surface area contributed by atoms with Crippen LogP contribution in [0.3, 0.4) is 0 Å². The SMILES string of the molecule is C=CCNC(=O)CCn1cnc([N+](=O)[O-])c1. The van der Waals surface area contributed by atoms with Crippen molar-refractivity contribution in [3.8, 4) is 0 Å². The summed E-state index contributed by atoms with van der Waals surface area (Å²) in [5.41, 5.74) is 0. The molecule has 1 aromatic rings. The highest BCUT2D eigenvalue weighted by Crippen LogP contribution is 2.05. The number of imidazole rings is 1. The van der Waals surface area contributed by atoms with Crippen LogP contribution in [0.5, 0.6) is 0 Å². The van der Waals surface area contributed by atoms with E-state index in [2.05, 4.69) is 16.9 Å². The van der Waals surface area contributed by atoms with Crippen LogP contribution >= 0.6 is 0 Å². The number of aryl methyl sites for hydroxylation is 1. The van der Waals surface area contributed by atoms with E-state index in [0.717, 1.165) is 0 Å². The maximum absolute atomic E-state index is 11.2. The number of hydrogen-bond acceptors (Lipinski definition) is 4. The van der Waals surface area contributed by atoms with Crippen LogP contribution < -0.4 is 5.32 Å². The number of rotatable bonds is 6. The molecule has 0 radical (unpaired) electrons. The van der Waals surface area contributed by atoms with Crippen LogP contribution in [0.2, 0.25) is 0 Å². The van der Waals surface area contributed by atoms with Crippen molar-refractivity contribution >= 4 is 11.7 Å². The fourth-order valence-electron chi connectivity index (χ4n) is 1.07. The first-order chi connectivity index (χ1) is 7.63. The summed E-state index contributed by atoms with van der Waals surface area (Å²) in [5.74, 6) is -0.345. The molecule has 7 heteroatoms. The molecule has 1 heterocycles. The van der Waals surface area contributed by atoms with Crippen molar-refractivity contribution in [3.63, 3.8) is 0 Å². The van der Waals surface area contributed by atoms with Gasteiger partial charge in [0.25, 0.3) is 0 Å². The van der Waals surface area contributed by atoms with Gasteiger partial charge in [0.1, 0.15) is 6.20 Å². The fourth-order valence-corrected chi connectivity index (χ4v) is 1.07. The molecule has 1 rings (SSSR count). The van der Waals surface area contributed by atoms with Gasteiger partial charge in [-0.3, -0.25) is 4.79 Å². The fraction of sp³-hybridized carbons (Fsp3) is 0.333. The molecule has 0 aliphatic carbocycles. The van der Waals surface area contributed by atoms with E-state index in [1.165, 1.54) is 17.1 Å². The van der Waals surface area contributed by atoms with Crippen molar-refractivity contribution in [1.82, 2.24) is 14.9 Å². The maximum Gasteiger partial charge on any atom is 0.381 e. The molecule has 0 atom stereocenters. The largest absolute Gasteiger partial charge is 0.381 e. The minimum Gasteiger partial charge on any atom is -0.358 e. The lowest BCUT2D eigenvalue weighted by Gasteiger charge is -2.01. The summed E-state index contributed by atoms with van der Waals surface area (Å²) < 4.78 is 1.51. The summed E-state index contributed by atoms with van der Waals surface area (Å²) in [7, 11) is 0. The van der Waals surface area contributed by atoms with E-state index in [9.17, 15) is 14.9 Å². The second-order valence-corrected chi connectivity index (χ2v) is 3.07. The highest BCUT2D eigenvalue weighted by Gasteiger charge is 2.10. The highest BCUT2D eigenvalue weighted by molar-refractivity contribution is 5.75. The number of hydrogen-bond donors (Lipinski definition) is 1. The Morgan fingerprint density at radius 1 is 1.75 bits per heavy atom. The van der Waals surface area contributed by atoms with Gasteiger partial charge in [-0.2, -0.15) is 0 Å². The van der Waals surface area contributed by atoms with Crippen molar-refractivity contribution in [2.24, 2.45) is 0 Å². The number of carbonyl (C=O) groups is 1. The van der Waals surface area contributed by atoms with Gasteiger partial charge in [-0.25, -0.2) is 0 Å². The summed E-state index contributed by atoms with van der Waals surface area (Å²) in [5, 5.41) is 12.9. The van der Waals surface area contributed by atoms with Crippen LogP contribution in [0.25, 0.3) is 0 Å². The van der Waals surface area contributed by atoms with Crippen molar-refractivity contribution < 1.29 is 9.72 Å². The molecule has 0 aliphatic rings. The van der Waals surface area contributed by atoms with Crippen LogP contribution in [0.15, 0.2) is 25.2 Å². The van der Waals surface area contributed by atoms with E-state index in [4.69, 9.17) is 0 Å². The van der Waals surface area contributed by atoms with Gasteiger partial charge in [0.05, 0.1) is 0 Å². The van der Waals surface area contributed by atoms with E-state index in [1.54, 1.807) is 6.08 Å². The van der Waals surface area contributed by atoms with Crippen LogP contribution in [0.1, 0.15) is 6.42 Å². The number of nitrogens with one attached hydrogen (secondary N) is 1. The average molecular weight is 224 g/mol. The average Bonchev–Trinajstić information content (AvgIpc) is 2.72. The molecule has 0 aliphatic heterocycles. The Morgan fingerprint density at radius 2 is 2.50 bits per heavy atom. The highest BCUT2D eigenvalue weighted by atomic mass is 16.6. The number of amides is 1. The first kappa shape index (κ1) is 11.9. The number of nitro groups is 1. The maximum atomic E-state index is 11.2. The third-order valence-corrected chi connectivity index (χ3v) is 1.85. The molecule has 1 aromatic heterocycles. The summed E-state index contributed by atoms with van der Waals surface area (Å²) in [6, 6.07) is 0.